The Morgan fingerprint density at radius 3 is 2.65 bits per heavy atom. The summed E-state index contributed by atoms with van der Waals surface area (Å²) in [5.74, 6) is 0.214. The van der Waals surface area contributed by atoms with Crippen molar-refractivity contribution >= 4 is 11.7 Å². The molecule has 37 heavy (non-hydrogen) atoms. The van der Waals surface area contributed by atoms with Crippen molar-refractivity contribution in [3.8, 4) is 5.75 Å². The topological polar surface area (TPSA) is 115 Å². The summed E-state index contributed by atoms with van der Waals surface area (Å²) in [6.45, 7) is 7.26. The van der Waals surface area contributed by atoms with Crippen molar-refractivity contribution in [2.24, 2.45) is 5.73 Å². The van der Waals surface area contributed by atoms with Gasteiger partial charge in [0, 0.05) is 44.9 Å². The second-order valence-corrected chi connectivity index (χ2v) is 10.1. The molecule has 1 aliphatic rings. The molecule has 0 aromatic heterocycles. The van der Waals surface area contributed by atoms with Gasteiger partial charge in [0.25, 0.3) is 0 Å². The highest BCUT2D eigenvalue weighted by Gasteiger charge is 2.27. The van der Waals surface area contributed by atoms with Crippen LogP contribution < -0.4 is 21.1 Å². The second-order valence-electron chi connectivity index (χ2n) is 10.1. The van der Waals surface area contributed by atoms with Gasteiger partial charge < -0.3 is 35.7 Å². The van der Waals surface area contributed by atoms with Gasteiger partial charge in [-0.2, -0.15) is 0 Å². The summed E-state index contributed by atoms with van der Waals surface area (Å²) in [6, 6.07) is 13.1. The molecule has 2 aromatic carbocycles. The molecule has 8 heteroatoms. The van der Waals surface area contributed by atoms with Gasteiger partial charge in [0.15, 0.2) is 0 Å². The fourth-order valence-electron chi connectivity index (χ4n) is 4.31. The lowest BCUT2D eigenvalue weighted by molar-refractivity contribution is -0.180. The Balaban J connectivity index is 1.15. The largest absolute Gasteiger partial charge is 0.463 e. The molecule has 2 aromatic rings. The average Bonchev–Trinajstić information content (AvgIpc) is 2.85. The Hall–Kier alpha value is -2.65. The SMILES string of the molecule is CC1(C)OCc2cc([C@H](O)CNCCCCCOCCCCCc3cccc(NC(N)=O)c3)ccc2O1. The third-order valence-electron chi connectivity index (χ3n) is 6.33. The van der Waals surface area contributed by atoms with Gasteiger partial charge in [-0.1, -0.05) is 24.6 Å². The number of urea groups is 1. The van der Waals surface area contributed by atoms with Crippen LogP contribution in [0.5, 0.6) is 5.75 Å². The minimum atomic E-state index is -0.610. The van der Waals surface area contributed by atoms with Crippen molar-refractivity contribution in [1.29, 1.82) is 0 Å². The van der Waals surface area contributed by atoms with Gasteiger partial charge in [0.05, 0.1) is 12.7 Å². The van der Waals surface area contributed by atoms with Crippen molar-refractivity contribution in [1.82, 2.24) is 5.32 Å². The summed E-state index contributed by atoms with van der Waals surface area (Å²) in [6.07, 6.45) is 6.88. The highest BCUT2D eigenvalue weighted by atomic mass is 16.7. The summed E-state index contributed by atoms with van der Waals surface area (Å²) in [7, 11) is 0. The number of carbonyl (C=O) groups excluding carboxylic acids is 1. The molecule has 0 bridgehead atoms. The van der Waals surface area contributed by atoms with Gasteiger partial charge >= 0.3 is 6.03 Å². The van der Waals surface area contributed by atoms with Gasteiger partial charge in [0.1, 0.15) is 5.75 Å². The van der Waals surface area contributed by atoms with Crippen molar-refractivity contribution in [2.45, 2.75) is 77.3 Å². The lowest BCUT2D eigenvalue weighted by Crippen LogP contribution is -2.35. The quantitative estimate of drug-likeness (QED) is 0.234. The Morgan fingerprint density at radius 2 is 1.86 bits per heavy atom. The first-order valence-corrected chi connectivity index (χ1v) is 13.4. The highest BCUT2D eigenvalue weighted by Crippen LogP contribution is 2.32. The number of hydrogen-bond donors (Lipinski definition) is 4. The van der Waals surface area contributed by atoms with E-state index in [4.69, 9.17) is 19.9 Å². The van der Waals surface area contributed by atoms with Crippen LogP contribution in [-0.4, -0.2) is 43.2 Å². The average molecular weight is 514 g/mol. The van der Waals surface area contributed by atoms with Gasteiger partial charge in [-0.25, -0.2) is 4.79 Å². The second kappa shape index (κ2) is 14.9. The number of carbonyl (C=O) groups is 1. The number of amides is 2. The third kappa shape index (κ3) is 10.7. The molecule has 8 nitrogen and oxygen atoms in total. The number of aliphatic hydroxyl groups is 1. The lowest BCUT2D eigenvalue weighted by atomic mass is 10.0. The van der Waals surface area contributed by atoms with Crippen LogP contribution in [0.25, 0.3) is 0 Å². The molecule has 1 aliphatic heterocycles. The number of aryl methyl sites for hydroxylation is 1. The Labute approximate surface area is 220 Å². The Bertz CT molecular complexity index is 982. The molecule has 0 radical (unpaired) electrons. The van der Waals surface area contributed by atoms with E-state index in [1.165, 1.54) is 5.56 Å². The molecule has 0 spiro atoms. The van der Waals surface area contributed by atoms with E-state index < -0.39 is 17.9 Å². The molecule has 0 saturated carbocycles. The van der Waals surface area contributed by atoms with Crippen LogP contribution in [0.2, 0.25) is 0 Å². The molecular weight excluding hydrogens is 470 g/mol. The molecule has 1 heterocycles. The Kier molecular flexibility index (Phi) is 11.7. The molecule has 5 N–H and O–H groups in total. The van der Waals surface area contributed by atoms with Crippen molar-refractivity contribution in [2.75, 3.05) is 31.6 Å². The first-order chi connectivity index (χ1) is 17.8. The first kappa shape index (κ1) is 28.9. The lowest BCUT2D eigenvalue weighted by Gasteiger charge is -2.33. The summed E-state index contributed by atoms with van der Waals surface area (Å²) in [5, 5.41) is 16.5. The van der Waals surface area contributed by atoms with E-state index in [0.29, 0.717) is 13.2 Å². The number of nitrogens with one attached hydrogen (secondary N) is 2. The van der Waals surface area contributed by atoms with Gasteiger partial charge in [-0.3, -0.25) is 0 Å². The fourth-order valence-corrected chi connectivity index (χ4v) is 4.31. The predicted octanol–water partition coefficient (Wildman–Crippen LogP) is 5.05. The van der Waals surface area contributed by atoms with Crippen LogP contribution in [0.1, 0.15) is 75.2 Å². The van der Waals surface area contributed by atoms with Gasteiger partial charge in [-0.15, -0.1) is 0 Å². The van der Waals surface area contributed by atoms with Crippen LogP contribution >= 0.6 is 0 Å². The Morgan fingerprint density at radius 1 is 1.08 bits per heavy atom. The maximum absolute atomic E-state index is 11.0. The molecule has 0 aliphatic carbocycles. The van der Waals surface area contributed by atoms with Crippen molar-refractivity contribution in [3.63, 3.8) is 0 Å². The maximum Gasteiger partial charge on any atom is 0.316 e. The van der Waals surface area contributed by atoms with Crippen LogP contribution in [0.3, 0.4) is 0 Å². The van der Waals surface area contributed by atoms with E-state index in [2.05, 4.69) is 16.7 Å². The van der Waals surface area contributed by atoms with E-state index >= 15 is 0 Å². The van der Waals surface area contributed by atoms with Gasteiger partial charge in [-0.05, 0) is 80.5 Å². The molecule has 0 fully saturated rings. The first-order valence-electron chi connectivity index (χ1n) is 13.4. The van der Waals surface area contributed by atoms with E-state index in [1.54, 1.807) is 0 Å². The number of fused-ring (bicyclic) bond motifs is 1. The molecular formula is C29H43N3O5. The van der Waals surface area contributed by atoms with Crippen LogP contribution in [0.15, 0.2) is 42.5 Å². The normalized spacial score (nSPS) is 15.0. The number of primary amides is 1. The zero-order valence-corrected chi connectivity index (χ0v) is 22.3. The molecule has 0 saturated heterocycles. The van der Waals surface area contributed by atoms with E-state index in [-0.39, 0.29) is 0 Å². The van der Waals surface area contributed by atoms with Gasteiger partial charge in [0.2, 0.25) is 5.79 Å². The number of unbranched alkanes of at least 4 members (excludes halogenated alkanes) is 4. The van der Waals surface area contributed by atoms with Crippen LogP contribution in [0, 0.1) is 0 Å². The van der Waals surface area contributed by atoms with Crippen LogP contribution in [-0.2, 0) is 22.5 Å². The predicted molar refractivity (Wildman–Crippen MR) is 146 cm³/mol. The summed E-state index contributed by atoms with van der Waals surface area (Å²) >= 11 is 0. The standard InChI is InChI=1S/C29H43N3O5/c1-29(2)36-21-24-19-23(13-14-27(24)37-29)26(33)20-31-15-6-4-8-17-35-16-7-3-5-10-22-11-9-12-25(18-22)32-28(30)34/h9,11-14,18-19,26,31,33H,3-8,10,15-17,20-21H2,1-2H3,(H3,30,32,34)/t26-/m1/s1. The van der Waals surface area contributed by atoms with E-state index in [0.717, 1.165) is 87.3 Å². The van der Waals surface area contributed by atoms with Crippen molar-refractivity contribution < 1.29 is 24.1 Å². The number of hydrogen-bond acceptors (Lipinski definition) is 6. The van der Waals surface area contributed by atoms with E-state index in [1.807, 2.05) is 50.2 Å². The number of ether oxygens (including phenoxy) is 3. The number of benzene rings is 2. The van der Waals surface area contributed by atoms with Crippen LogP contribution in [0.4, 0.5) is 10.5 Å². The highest BCUT2D eigenvalue weighted by molar-refractivity contribution is 5.87. The monoisotopic (exact) mass is 513 g/mol. The smallest absolute Gasteiger partial charge is 0.316 e. The number of aliphatic hydroxyl groups excluding tert-OH is 1. The zero-order chi connectivity index (χ0) is 26.5. The molecule has 0 unspecified atom stereocenters. The minimum Gasteiger partial charge on any atom is -0.463 e. The summed E-state index contributed by atoms with van der Waals surface area (Å²) in [5.41, 5.74) is 8.95. The van der Waals surface area contributed by atoms with Crippen molar-refractivity contribution in [3.05, 3.63) is 59.2 Å². The molecule has 2 amide bonds. The summed E-state index contributed by atoms with van der Waals surface area (Å²) in [4.78, 5) is 11.0. The number of anilines is 1. The van der Waals surface area contributed by atoms with E-state index in [9.17, 15) is 9.90 Å². The maximum atomic E-state index is 11.0. The molecule has 204 valence electrons. The molecule has 3 rings (SSSR count). The fraction of sp³-hybridized carbons (Fsp3) is 0.552. The number of nitrogens with two attached hydrogens (primary N) is 1. The third-order valence-corrected chi connectivity index (χ3v) is 6.33. The minimum absolute atomic E-state index is 0.491. The number of rotatable bonds is 16. The zero-order valence-electron chi connectivity index (χ0n) is 22.3. The molecule has 1 atom stereocenters. The summed E-state index contributed by atoms with van der Waals surface area (Å²) < 4.78 is 17.3.